The average molecular weight is 288 g/mol. The summed E-state index contributed by atoms with van der Waals surface area (Å²) in [5, 5.41) is 1.10. The molecule has 108 valence electrons. The van der Waals surface area contributed by atoms with Crippen LogP contribution in [0.5, 0.6) is 0 Å². The molecule has 1 aromatic rings. The molecule has 0 atom stereocenters. The van der Waals surface area contributed by atoms with E-state index in [9.17, 15) is 0 Å². The normalized spacial score (nSPS) is 16.9. The summed E-state index contributed by atoms with van der Waals surface area (Å²) < 4.78 is 0. The van der Waals surface area contributed by atoms with E-state index in [2.05, 4.69) is 60.3 Å². The van der Waals surface area contributed by atoms with Gasteiger partial charge in [-0.1, -0.05) is 30.0 Å². The molecule has 0 saturated carbocycles. The van der Waals surface area contributed by atoms with E-state index in [4.69, 9.17) is 0 Å². The zero-order valence-electron chi connectivity index (χ0n) is 12.5. The van der Waals surface area contributed by atoms with Crippen molar-refractivity contribution < 1.29 is 0 Å². The second-order valence-corrected chi connectivity index (χ2v) is 6.15. The Morgan fingerprint density at radius 3 is 2.70 bits per heavy atom. The van der Waals surface area contributed by atoms with E-state index in [1.54, 1.807) is 11.8 Å². The highest BCUT2D eigenvalue weighted by Crippen LogP contribution is 2.24. The molecule has 1 fully saturated rings. The maximum Gasteiger partial charge on any atom is 0.0966 e. The van der Waals surface area contributed by atoms with E-state index in [-0.39, 0.29) is 0 Å². The molecule has 0 radical (unpaired) electrons. The summed E-state index contributed by atoms with van der Waals surface area (Å²) in [4.78, 5) is 8.32. The highest BCUT2D eigenvalue weighted by molar-refractivity contribution is 8.14. The number of aryl methyl sites for hydroxylation is 1. The molecule has 0 spiro atoms. The molecule has 0 bridgehead atoms. The number of rotatable bonds is 4. The lowest BCUT2D eigenvalue weighted by Gasteiger charge is -2.24. The van der Waals surface area contributed by atoms with Crippen LogP contribution in [-0.2, 0) is 0 Å². The first kappa shape index (κ1) is 15.2. The third-order valence-corrected chi connectivity index (χ3v) is 4.59. The van der Waals surface area contributed by atoms with Crippen molar-refractivity contribution in [2.24, 2.45) is 4.99 Å². The summed E-state index contributed by atoms with van der Waals surface area (Å²) in [6.45, 7) is 7.45. The quantitative estimate of drug-likeness (QED) is 0.460. The monoisotopic (exact) mass is 288 g/mol. The second-order valence-electron chi connectivity index (χ2n) is 5.09. The molecular weight excluding hydrogens is 264 g/mol. The van der Waals surface area contributed by atoms with Gasteiger partial charge in [-0.15, -0.1) is 0 Å². The minimum atomic E-state index is 0.832. The molecule has 20 heavy (non-hydrogen) atoms. The Kier molecular flexibility index (Phi) is 6.19. The topological polar surface area (TPSA) is 15.6 Å². The van der Waals surface area contributed by atoms with E-state index in [1.165, 1.54) is 42.8 Å². The van der Waals surface area contributed by atoms with Gasteiger partial charge in [0.2, 0.25) is 0 Å². The first-order chi connectivity index (χ1) is 9.79. The number of likely N-dealkylation sites (tertiary alicyclic amines) is 1. The predicted molar refractivity (Wildman–Crippen MR) is 89.6 cm³/mol. The van der Waals surface area contributed by atoms with Crippen LogP contribution in [0.15, 0.2) is 46.4 Å². The lowest BCUT2D eigenvalue weighted by Crippen LogP contribution is -2.24. The number of aliphatic imine (C=N–C) groups is 1. The fourth-order valence-corrected chi connectivity index (χ4v) is 3.22. The van der Waals surface area contributed by atoms with Crippen molar-refractivity contribution in [3.05, 3.63) is 42.1 Å². The van der Waals surface area contributed by atoms with Crippen LogP contribution in [0.25, 0.3) is 0 Å². The van der Waals surface area contributed by atoms with Crippen molar-refractivity contribution in [3.63, 3.8) is 0 Å². The third kappa shape index (κ3) is 4.71. The van der Waals surface area contributed by atoms with Gasteiger partial charge in [0, 0.05) is 30.7 Å². The van der Waals surface area contributed by atoms with Crippen LogP contribution < -0.4 is 0 Å². The fourth-order valence-electron chi connectivity index (χ4n) is 2.30. The Bertz CT molecular complexity index is 474. The Labute approximate surface area is 127 Å². The highest BCUT2D eigenvalue weighted by Gasteiger charge is 2.06. The SMILES string of the molecule is CCN=C(/C=C/N1CCCCC1)Sc1ccccc1C. The van der Waals surface area contributed by atoms with E-state index >= 15 is 0 Å². The van der Waals surface area contributed by atoms with Gasteiger partial charge in [0.05, 0.1) is 5.04 Å². The summed E-state index contributed by atoms with van der Waals surface area (Å²) >= 11 is 1.77. The highest BCUT2D eigenvalue weighted by atomic mass is 32.2. The predicted octanol–water partition coefficient (Wildman–Crippen LogP) is 4.51. The smallest absolute Gasteiger partial charge is 0.0966 e. The molecular formula is C17H24N2S. The van der Waals surface area contributed by atoms with E-state index in [0.29, 0.717) is 0 Å². The Morgan fingerprint density at radius 1 is 1.25 bits per heavy atom. The lowest BCUT2D eigenvalue weighted by atomic mass is 10.1. The number of piperidine rings is 1. The van der Waals surface area contributed by atoms with E-state index in [0.717, 1.165) is 11.6 Å². The second kappa shape index (κ2) is 8.15. The van der Waals surface area contributed by atoms with Crippen molar-refractivity contribution in [2.75, 3.05) is 19.6 Å². The van der Waals surface area contributed by atoms with E-state index in [1.807, 2.05) is 0 Å². The van der Waals surface area contributed by atoms with Gasteiger partial charge in [-0.25, -0.2) is 0 Å². The first-order valence-corrected chi connectivity index (χ1v) is 8.31. The molecule has 1 aliphatic heterocycles. The zero-order chi connectivity index (χ0) is 14.2. The van der Waals surface area contributed by atoms with Crippen LogP contribution in [-0.4, -0.2) is 29.6 Å². The van der Waals surface area contributed by atoms with Gasteiger partial charge in [0.15, 0.2) is 0 Å². The van der Waals surface area contributed by atoms with Crippen LogP contribution in [0.2, 0.25) is 0 Å². The lowest BCUT2D eigenvalue weighted by molar-refractivity contribution is 0.310. The average Bonchev–Trinajstić information content (AvgIpc) is 2.48. The molecule has 3 heteroatoms. The molecule has 0 aromatic heterocycles. The third-order valence-electron chi connectivity index (χ3n) is 3.44. The number of benzene rings is 1. The van der Waals surface area contributed by atoms with Crippen molar-refractivity contribution in [2.45, 2.75) is 38.0 Å². The van der Waals surface area contributed by atoms with Crippen LogP contribution in [0.4, 0.5) is 0 Å². The maximum atomic E-state index is 4.61. The summed E-state index contributed by atoms with van der Waals surface area (Å²) in [6, 6.07) is 8.49. The molecule has 2 rings (SSSR count). The van der Waals surface area contributed by atoms with Gasteiger partial charge in [-0.2, -0.15) is 0 Å². The minimum absolute atomic E-state index is 0.832. The molecule has 0 N–H and O–H groups in total. The molecule has 0 aliphatic carbocycles. The van der Waals surface area contributed by atoms with E-state index < -0.39 is 0 Å². The van der Waals surface area contributed by atoms with Crippen molar-refractivity contribution in [3.8, 4) is 0 Å². The number of hydrogen-bond donors (Lipinski definition) is 0. The standard InChI is InChI=1S/C17H24N2S/c1-3-18-17(11-14-19-12-7-4-8-13-19)20-16-10-6-5-9-15(16)2/h5-6,9-11,14H,3-4,7-8,12-13H2,1-2H3/b14-11+,18-17?. The fraction of sp³-hybridized carbons (Fsp3) is 0.471. The van der Waals surface area contributed by atoms with Gasteiger partial charge >= 0.3 is 0 Å². The molecule has 0 unspecified atom stereocenters. The molecule has 1 aromatic carbocycles. The van der Waals surface area contributed by atoms with Crippen LogP contribution in [0.3, 0.4) is 0 Å². The van der Waals surface area contributed by atoms with Gasteiger partial charge in [0.1, 0.15) is 0 Å². The summed E-state index contributed by atoms with van der Waals surface area (Å²) in [6.07, 6.45) is 8.40. The van der Waals surface area contributed by atoms with Crippen molar-refractivity contribution >= 4 is 16.8 Å². The van der Waals surface area contributed by atoms with Crippen molar-refractivity contribution in [1.82, 2.24) is 4.90 Å². The van der Waals surface area contributed by atoms with Gasteiger partial charge < -0.3 is 4.90 Å². The van der Waals surface area contributed by atoms with Gasteiger partial charge in [-0.05, 0) is 50.8 Å². The van der Waals surface area contributed by atoms with Crippen LogP contribution in [0.1, 0.15) is 31.7 Å². The Balaban J connectivity index is 2.02. The van der Waals surface area contributed by atoms with Crippen molar-refractivity contribution in [1.29, 1.82) is 0 Å². The number of hydrogen-bond acceptors (Lipinski definition) is 3. The molecule has 0 amide bonds. The molecule has 1 aliphatic rings. The van der Waals surface area contributed by atoms with Crippen LogP contribution >= 0.6 is 11.8 Å². The number of thioether (sulfide) groups is 1. The zero-order valence-corrected chi connectivity index (χ0v) is 13.3. The first-order valence-electron chi connectivity index (χ1n) is 7.50. The summed E-state index contributed by atoms with van der Waals surface area (Å²) in [5.41, 5.74) is 1.31. The Hall–Kier alpha value is -1.22. The largest absolute Gasteiger partial charge is 0.377 e. The molecule has 1 saturated heterocycles. The summed E-state index contributed by atoms with van der Waals surface area (Å²) in [5.74, 6) is 0. The van der Waals surface area contributed by atoms with Gasteiger partial charge in [-0.3, -0.25) is 4.99 Å². The minimum Gasteiger partial charge on any atom is -0.377 e. The van der Waals surface area contributed by atoms with Gasteiger partial charge in [0.25, 0.3) is 0 Å². The maximum absolute atomic E-state index is 4.61. The summed E-state index contributed by atoms with van der Waals surface area (Å²) in [7, 11) is 0. The Morgan fingerprint density at radius 2 is 2.00 bits per heavy atom. The van der Waals surface area contributed by atoms with Crippen LogP contribution in [0, 0.1) is 6.92 Å². The molecule has 1 heterocycles. The molecule has 2 nitrogen and oxygen atoms in total. The number of nitrogens with zero attached hydrogens (tertiary/aromatic N) is 2.